The number of esters is 1. The van der Waals surface area contributed by atoms with Crippen molar-refractivity contribution in [1.29, 1.82) is 0 Å². The van der Waals surface area contributed by atoms with Crippen LogP contribution >= 0.6 is 0 Å². The summed E-state index contributed by atoms with van der Waals surface area (Å²) in [6.07, 6.45) is -2.18. The summed E-state index contributed by atoms with van der Waals surface area (Å²) in [6, 6.07) is 0. The lowest BCUT2D eigenvalue weighted by atomic mass is 9.96. The molecule has 0 amide bonds. The molecule has 106 valence electrons. The van der Waals surface area contributed by atoms with Gasteiger partial charge in [0.2, 0.25) is 0 Å². The second kappa shape index (κ2) is 6.97. The molecular weight excluding hydrogens is 247 g/mol. The Balaban J connectivity index is 2.21. The number of likely N-dealkylation sites (tertiary alicyclic amines) is 1. The first kappa shape index (κ1) is 15.3. The maximum absolute atomic E-state index is 12.4. The number of carbonyl (C=O) groups excluding carboxylic acids is 1. The van der Waals surface area contributed by atoms with Gasteiger partial charge in [0.25, 0.3) is 0 Å². The van der Waals surface area contributed by atoms with Crippen molar-refractivity contribution in [3.8, 4) is 0 Å². The van der Waals surface area contributed by atoms with Gasteiger partial charge >= 0.3 is 12.1 Å². The highest BCUT2D eigenvalue weighted by atomic mass is 19.4. The summed E-state index contributed by atoms with van der Waals surface area (Å²) >= 11 is 0. The first-order chi connectivity index (χ1) is 8.43. The van der Waals surface area contributed by atoms with E-state index in [9.17, 15) is 18.0 Å². The molecule has 0 unspecified atom stereocenters. The van der Waals surface area contributed by atoms with Crippen molar-refractivity contribution in [1.82, 2.24) is 4.90 Å². The lowest BCUT2D eigenvalue weighted by Gasteiger charge is -2.32. The van der Waals surface area contributed by atoms with Crippen LogP contribution in [-0.2, 0) is 9.53 Å². The number of hydrogen-bond acceptors (Lipinski definition) is 3. The van der Waals surface area contributed by atoms with Gasteiger partial charge in [-0.3, -0.25) is 9.69 Å². The summed E-state index contributed by atoms with van der Waals surface area (Å²) in [7, 11) is 0. The first-order valence-corrected chi connectivity index (χ1v) is 6.38. The van der Waals surface area contributed by atoms with Crippen LogP contribution in [0.5, 0.6) is 0 Å². The van der Waals surface area contributed by atoms with E-state index in [4.69, 9.17) is 4.74 Å². The normalized spacial score (nSPS) is 18.9. The second-order valence-electron chi connectivity index (χ2n) is 4.67. The first-order valence-electron chi connectivity index (χ1n) is 6.38. The van der Waals surface area contributed by atoms with Crippen LogP contribution in [0.15, 0.2) is 0 Å². The van der Waals surface area contributed by atoms with E-state index in [2.05, 4.69) is 0 Å². The number of rotatable bonds is 5. The predicted octanol–water partition coefficient (Wildman–Crippen LogP) is 2.60. The second-order valence-corrected chi connectivity index (χ2v) is 4.67. The molecule has 0 aromatic carbocycles. The fourth-order valence-corrected chi connectivity index (χ4v) is 1.98. The summed E-state index contributed by atoms with van der Waals surface area (Å²) in [5, 5.41) is 0. The van der Waals surface area contributed by atoms with E-state index >= 15 is 0 Å². The SMILES string of the molecule is CCCCOC(=O)CN1CCC(C(F)(F)F)CC1. The third-order valence-electron chi connectivity index (χ3n) is 3.16. The molecule has 0 saturated carbocycles. The number of ether oxygens (including phenoxy) is 1. The zero-order valence-electron chi connectivity index (χ0n) is 10.6. The van der Waals surface area contributed by atoms with Gasteiger partial charge in [-0.15, -0.1) is 0 Å². The van der Waals surface area contributed by atoms with Gasteiger partial charge in [0.1, 0.15) is 0 Å². The van der Waals surface area contributed by atoms with Gasteiger partial charge in [0.05, 0.1) is 19.1 Å². The van der Waals surface area contributed by atoms with E-state index < -0.39 is 12.1 Å². The van der Waals surface area contributed by atoms with Crippen LogP contribution in [0.3, 0.4) is 0 Å². The van der Waals surface area contributed by atoms with E-state index in [1.807, 2.05) is 6.92 Å². The molecule has 0 aromatic heterocycles. The van der Waals surface area contributed by atoms with Gasteiger partial charge < -0.3 is 4.74 Å². The topological polar surface area (TPSA) is 29.5 Å². The van der Waals surface area contributed by atoms with Gasteiger partial charge in [-0.2, -0.15) is 13.2 Å². The van der Waals surface area contributed by atoms with Gasteiger partial charge in [-0.05, 0) is 32.4 Å². The number of unbranched alkanes of at least 4 members (excludes halogenated alkanes) is 1. The summed E-state index contributed by atoms with van der Waals surface area (Å²) in [4.78, 5) is 13.1. The molecule has 1 saturated heterocycles. The Morgan fingerprint density at radius 3 is 2.44 bits per heavy atom. The Labute approximate surface area is 105 Å². The fraction of sp³-hybridized carbons (Fsp3) is 0.917. The van der Waals surface area contributed by atoms with Crippen molar-refractivity contribution in [3.63, 3.8) is 0 Å². The van der Waals surface area contributed by atoms with E-state index in [1.54, 1.807) is 4.90 Å². The lowest BCUT2D eigenvalue weighted by molar-refractivity contribution is -0.185. The molecule has 1 aliphatic rings. The highest BCUT2D eigenvalue weighted by molar-refractivity contribution is 5.71. The molecule has 1 aliphatic heterocycles. The van der Waals surface area contributed by atoms with E-state index in [0.29, 0.717) is 19.7 Å². The minimum absolute atomic E-state index is 0.0751. The maximum Gasteiger partial charge on any atom is 0.391 e. The molecule has 0 N–H and O–H groups in total. The largest absolute Gasteiger partial charge is 0.465 e. The van der Waals surface area contributed by atoms with Crippen molar-refractivity contribution in [3.05, 3.63) is 0 Å². The highest BCUT2D eigenvalue weighted by Crippen LogP contribution is 2.33. The molecule has 1 rings (SSSR count). The quantitative estimate of drug-likeness (QED) is 0.566. The van der Waals surface area contributed by atoms with Crippen LogP contribution in [0.1, 0.15) is 32.6 Å². The average Bonchev–Trinajstić information content (AvgIpc) is 2.29. The van der Waals surface area contributed by atoms with Crippen LogP contribution in [0, 0.1) is 5.92 Å². The zero-order chi connectivity index (χ0) is 13.6. The van der Waals surface area contributed by atoms with Crippen molar-refractivity contribution < 1.29 is 22.7 Å². The smallest absolute Gasteiger partial charge is 0.391 e. The summed E-state index contributed by atoms with van der Waals surface area (Å²) < 4.78 is 42.3. The number of hydrogen-bond donors (Lipinski definition) is 0. The molecule has 0 radical (unpaired) electrons. The third-order valence-corrected chi connectivity index (χ3v) is 3.16. The molecule has 0 aromatic rings. The summed E-state index contributed by atoms with van der Waals surface area (Å²) in [5.74, 6) is -1.56. The molecular formula is C12H20F3NO2. The van der Waals surface area contributed by atoms with Crippen molar-refractivity contribution >= 4 is 5.97 Å². The number of nitrogens with zero attached hydrogens (tertiary/aromatic N) is 1. The molecule has 0 atom stereocenters. The summed E-state index contributed by atoms with van der Waals surface area (Å²) in [6.45, 7) is 3.12. The number of carbonyl (C=O) groups is 1. The molecule has 0 aliphatic carbocycles. The number of piperidine rings is 1. The van der Waals surface area contributed by atoms with E-state index in [0.717, 1.165) is 12.8 Å². The van der Waals surface area contributed by atoms with Crippen molar-refractivity contribution in [2.75, 3.05) is 26.2 Å². The Hall–Kier alpha value is -0.780. The Morgan fingerprint density at radius 2 is 1.94 bits per heavy atom. The molecule has 3 nitrogen and oxygen atoms in total. The number of halogens is 3. The standard InChI is InChI=1S/C12H20F3NO2/c1-2-3-8-18-11(17)9-16-6-4-10(5-7-16)12(13,14)15/h10H,2-9H2,1H3. The third kappa shape index (κ3) is 5.25. The Kier molecular flexibility index (Phi) is 5.91. The van der Waals surface area contributed by atoms with Crippen LogP contribution in [0.4, 0.5) is 13.2 Å². The molecule has 0 spiro atoms. The highest BCUT2D eigenvalue weighted by Gasteiger charge is 2.41. The van der Waals surface area contributed by atoms with Crippen LogP contribution < -0.4 is 0 Å². The number of alkyl halides is 3. The monoisotopic (exact) mass is 267 g/mol. The van der Waals surface area contributed by atoms with Gasteiger partial charge in [-0.1, -0.05) is 13.3 Å². The van der Waals surface area contributed by atoms with Crippen LogP contribution in [0.25, 0.3) is 0 Å². The molecule has 18 heavy (non-hydrogen) atoms. The molecule has 1 heterocycles. The van der Waals surface area contributed by atoms with Crippen molar-refractivity contribution in [2.24, 2.45) is 5.92 Å². The van der Waals surface area contributed by atoms with Crippen LogP contribution in [-0.4, -0.2) is 43.3 Å². The van der Waals surface area contributed by atoms with E-state index in [-0.39, 0.29) is 25.4 Å². The Morgan fingerprint density at radius 1 is 1.33 bits per heavy atom. The average molecular weight is 267 g/mol. The Bertz CT molecular complexity index is 261. The predicted molar refractivity (Wildman–Crippen MR) is 61.1 cm³/mol. The van der Waals surface area contributed by atoms with Crippen molar-refractivity contribution in [2.45, 2.75) is 38.8 Å². The van der Waals surface area contributed by atoms with Crippen LogP contribution in [0.2, 0.25) is 0 Å². The molecule has 0 bridgehead atoms. The van der Waals surface area contributed by atoms with Gasteiger partial charge in [0, 0.05) is 0 Å². The molecule has 6 heteroatoms. The maximum atomic E-state index is 12.4. The fourth-order valence-electron chi connectivity index (χ4n) is 1.98. The van der Waals surface area contributed by atoms with E-state index in [1.165, 1.54) is 0 Å². The molecule has 1 fully saturated rings. The lowest BCUT2D eigenvalue weighted by Crippen LogP contribution is -2.41. The minimum atomic E-state index is -4.10. The van der Waals surface area contributed by atoms with Gasteiger partial charge in [0.15, 0.2) is 0 Å². The zero-order valence-corrected chi connectivity index (χ0v) is 10.6. The minimum Gasteiger partial charge on any atom is -0.465 e. The summed E-state index contributed by atoms with van der Waals surface area (Å²) in [5.41, 5.74) is 0. The van der Waals surface area contributed by atoms with Gasteiger partial charge in [-0.25, -0.2) is 0 Å².